The summed E-state index contributed by atoms with van der Waals surface area (Å²) in [6, 6.07) is 7.68. The quantitative estimate of drug-likeness (QED) is 0.899. The van der Waals surface area contributed by atoms with Gasteiger partial charge >= 0.3 is 0 Å². The summed E-state index contributed by atoms with van der Waals surface area (Å²) in [4.78, 5) is 12.0. The summed E-state index contributed by atoms with van der Waals surface area (Å²) in [5.41, 5.74) is 1.65. The molecule has 0 radical (unpaired) electrons. The summed E-state index contributed by atoms with van der Waals surface area (Å²) in [5, 5.41) is 3.85. The number of amides is 1. The van der Waals surface area contributed by atoms with Gasteiger partial charge in [0.25, 0.3) is 5.91 Å². The van der Waals surface area contributed by atoms with E-state index in [2.05, 4.69) is 5.32 Å². The van der Waals surface area contributed by atoms with E-state index in [0.717, 1.165) is 23.1 Å². The zero-order valence-corrected chi connectivity index (χ0v) is 11.0. The molecule has 0 spiro atoms. The molecule has 0 unspecified atom stereocenters. The number of benzene rings is 1. The maximum atomic E-state index is 12.0. The minimum atomic E-state index is -0.0439. The van der Waals surface area contributed by atoms with Gasteiger partial charge in [0.05, 0.1) is 12.6 Å². The highest BCUT2D eigenvalue weighted by Crippen LogP contribution is 2.27. The molecule has 0 fully saturated rings. The van der Waals surface area contributed by atoms with Crippen LogP contribution in [0.5, 0.6) is 5.75 Å². The first-order valence-electron chi connectivity index (χ1n) is 6.09. The summed E-state index contributed by atoms with van der Waals surface area (Å²) in [6.07, 6.45) is 0.930. The van der Waals surface area contributed by atoms with Crippen LogP contribution < -0.4 is 10.1 Å². The van der Waals surface area contributed by atoms with Crippen molar-refractivity contribution in [3.63, 3.8) is 0 Å². The molecule has 18 heavy (non-hydrogen) atoms. The Morgan fingerprint density at radius 1 is 1.44 bits per heavy atom. The average molecular weight is 246 g/mol. The lowest BCUT2D eigenvalue weighted by atomic mass is 10.2. The Kier molecular flexibility index (Phi) is 3.55. The van der Waals surface area contributed by atoms with Crippen molar-refractivity contribution >= 4 is 16.8 Å². The maximum absolute atomic E-state index is 12.0. The number of fused-ring (bicyclic) bond motifs is 1. The van der Waals surface area contributed by atoms with Crippen molar-refractivity contribution in [2.24, 2.45) is 7.05 Å². The van der Waals surface area contributed by atoms with Crippen molar-refractivity contribution in [1.29, 1.82) is 0 Å². The van der Waals surface area contributed by atoms with E-state index in [9.17, 15) is 4.79 Å². The fourth-order valence-electron chi connectivity index (χ4n) is 2.06. The van der Waals surface area contributed by atoms with Crippen LogP contribution in [-0.2, 0) is 7.05 Å². The Balaban J connectivity index is 2.47. The number of nitrogens with one attached hydrogen (secondary N) is 1. The lowest BCUT2D eigenvalue weighted by Gasteiger charge is -2.05. The van der Waals surface area contributed by atoms with Gasteiger partial charge < -0.3 is 14.6 Å². The second-order valence-corrected chi connectivity index (χ2v) is 4.24. The molecule has 0 saturated heterocycles. The van der Waals surface area contributed by atoms with Crippen LogP contribution in [0.4, 0.5) is 0 Å². The molecule has 4 nitrogen and oxygen atoms in total. The summed E-state index contributed by atoms with van der Waals surface area (Å²) >= 11 is 0. The van der Waals surface area contributed by atoms with Gasteiger partial charge in [0.2, 0.25) is 0 Å². The Morgan fingerprint density at radius 2 is 2.22 bits per heavy atom. The molecule has 0 aliphatic carbocycles. The molecular weight excluding hydrogens is 228 g/mol. The number of nitrogens with zero attached hydrogens (tertiary/aromatic N) is 1. The Morgan fingerprint density at radius 3 is 2.89 bits per heavy atom. The fourth-order valence-corrected chi connectivity index (χ4v) is 2.06. The molecule has 1 aromatic carbocycles. The summed E-state index contributed by atoms with van der Waals surface area (Å²) < 4.78 is 7.20. The van der Waals surface area contributed by atoms with Gasteiger partial charge in [0.1, 0.15) is 11.4 Å². The van der Waals surface area contributed by atoms with Crippen LogP contribution in [0, 0.1) is 0 Å². The number of ether oxygens (including phenoxy) is 1. The summed E-state index contributed by atoms with van der Waals surface area (Å²) in [5.74, 6) is 0.746. The van der Waals surface area contributed by atoms with Crippen LogP contribution in [0.25, 0.3) is 10.9 Å². The molecule has 1 heterocycles. The zero-order chi connectivity index (χ0) is 13.1. The number of methoxy groups -OCH3 is 1. The molecule has 4 heteroatoms. The molecule has 1 N–H and O–H groups in total. The third kappa shape index (κ3) is 2.06. The highest BCUT2D eigenvalue weighted by Gasteiger charge is 2.14. The SMILES string of the molecule is CCCNC(=O)c1cc2c(OC)cccc2n1C. The number of carbonyl (C=O) groups excluding carboxylic acids is 1. The highest BCUT2D eigenvalue weighted by molar-refractivity contribution is 6.00. The molecule has 0 bridgehead atoms. The smallest absolute Gasteiger partial charge is 0.267 e. The van der Waals surface area contributed by atoms with Crippen LogP contribution in [0.3, 0.4) is 0 Å². The second kappa shape index (κ2) is 5.12. The number of aryl methyl sites for hydroxylation is 1. The lowest BCUT2D eigenvalue weighted by Crippen LogP contribution is -2.25. The first-order chi connectivity index (χ1) is 8.69. The Bertz CT molecular complexity index is 572. The fraction of sp³-hybridized carbons (Fsp3) is 0.357. The third-order valence-electron chi connectivity index (χ3n) is 3.03. The van der Waals surface area contributed by atoms with Gasteiger partial charge in [-0.25, -0.2) is 0 Å². The van der Waals surface area contributed by atoms with Gasteiger partial charge in [-0.15, -0.1) is 0 Å². The lowest BCUT2D eigenvalue weighted by molar-refractivity contribution is 0.0946. The molecule has 0 saturated carbocycles. The summed E-state index contributed by atoms with van der Waals surface area (Å²) in [6.45, 7) is 2.72. The highest BCUT2D eigenvalue weighted by atomic mass is 16.5. The van der Waals surface area contributed by atoms with Gasteiger partial charge in [-0.05, 0) is 24.6 Å². The largest absolute Gasteiger partial charge is 0.496 e. The van der Waals surface area contributed by atoms with E-state index in [1.165, 1.54) is 0 Å². The van der Waals surface area contributed by atoms with E-state index in [4.69, 9.17) is 4.74 Å². The minimum absolute atomic E-state index is 0.0439. The molecule has 1 amide bonds. The van der Waals surface area contributed by atoms with Gasteiger partial charge in [-0.2, -0.15) is 0 Å². The number of carbonyl (C=O) groups is 1. The monoisotopic (exact) mass is 246 g/mol. The van der Waals surface area contributed by atoms with Crippen molar-refractivity contribution in [3.8, 4) is 5.75 Å². The first kappa shape index (κ1) is 12.5. The number of hydrogen-bond donors (Lipinski definition) is 1. The van der Waals surface area contributed by atoms with Crippen molar-refractivity contribution < 1.29 is 9.53 Å². The van der Waals surface area contributed by atoms with Gasteiger partial charge in [0.15, 0.2) is 0 Å². The standard InChI is InChI=1S/C14H18N2O2/c1-4-8-15-14(17)12-9-10-11(16(12)2)6-5-7-13(10)18-3/h5-7,9H,4,8H2,1-3H3,(H,15,17). The van der Waals surface area contributed by atoms with Crippen LogP contribution in [0.1, 0.15) is 23.8 Å². The van der Waals surface area contributed by atoms with E-state index in [0.29, 0.717) is 12.2 Å². The maximum Gasteiger partial charge on any atom is 0.267 e. The molecule has 0 aliphatic heterocycles. The van der Waals surface area contributed by atoms with E-state index in [1.807, 2.05) is 42.8 Å². The average Bonchev–Trinajstić information content (AvgIpc) is 2.73. The molecule has 2 aromatic rings. The predicted molar refractivity (Wildman–Crippen MR) is 72.1 cm³/mol. The molecule has 1 aromatic heterocycles. The molecule has 0 atom stereocenters. The van der Waals surface area contributed by atoms with Crippen molar-refractivity contribution in [2.75, 3.05) is 13.7 Å². The van der Waals surface area contributed by atoms with Gasteiger partial charge in [-0.1, -0.05) is 13.0 Å². The Labute approximate surface area is 107 Å². The predicted octanol–water partition coefficient (Wildman–Crippen LogP) is 2.33. The van der Waals surface area contributed by atoms with Crippen LogP contribution in [0.15, 0.2) is 24.3 Å². The van der Waals surface area contributed by atoms with E-state index < -0.39 is 0 Å². The summed E-state index contributed by atoms with van der Waals surface area (Å²) in [7, 11) is 3.53. The van der Waals surface area contributed by atoms with Crippen molar-refractivity contribution in [1.82, 2.24) is 9.88 Å². The topological polar surface area (TPSA) is 43.3 Å². The number of hydrogen-bond acceptors (Lipinski definition) is 2. The second-order valence-electron chi connectivity index (χ2n) is 4.24. The van der Waals surface area contributed by atoms with Crippen LogP contribution >= 0.6 is 0 Å². The van der Waals surface area contributed by atoms with E-state index in [-0.39, 0.29) is 5.91 Å². The molecule has 2 rings (SSSR count). The molecule has 0 aliphatic rings. The third-order valence-corrected chi connectivity index (χ3v) is 3.03. The minimum Gasteiger partial charge on any atom is -0.496 e. The van der Waals surface area contributed by atoms with Crippen LogP contribution in [0.2, 0.25) is 0 Å². The Hall–Kier alpha value is -1.97. The van der Waals surface area contributed by atoms with E-state index in [1.54, 1.807) is 7.11 Å². The van der Waals surface area contributed by atoms with Gasteiger partial charge in [-0.3, -0.25) is 4.79 Å². The van der Waals surface area contributed by atoms with Crippen LogP contribution in [-0.4, -0.2) is 24.1 Å². The first-order valence-corrected chi connectivity index (χ1v) is 6.09. The normalized spacial score (nSPS) is 10.6. The van der Waals surface area contributed by atoms with Crippen molar-refractivity contribution in [3.05, 3.63) is 30.0 Å². The zero-order valence-electron chi connectivity index (χ0n) is 11.0. The van der Waals surface area contributed by atoms with Gasteiger partial charge in [0, 0.05) is 19.0 Å². The molecule has 96 valence electrons. The van der Waals surface area contributed by atoms with E-state index >= 15 is 0 Å². The van der Waals surface area contributed by atoms with Crippen molar-refractivity contribution in [2.45, 2.75) is 13.3 Å². The number of rotatable bonds is 4. The molecular formula is C14H18N2O2. The number of aromatic nitrogens is 1.